The Morgan fingerprint density at radius 2 is 2.14 bits per heavy atom. The lowest BCUT2D eigenvalue weighted by Crippen LogP contribution is -2.41. The molecule has 29 heavy (non-hydrogen) atoms. The van der Waals surface area contributed by atoms with Crippen LogP contribution >= 0.6 is 11.6 Å². The van der Waals surface area contributed by atoms with Gasteiger partial charge in [-0.15, -0.1) is 0 Å². The second-order valence-corrected chi connectivity index (χ2v) is 7.25. The van der Waals surface area contributed by atoms with Gasteiger partial charge in [0.25, 0.3) is 0 Å². The summed E-state index contributed by atoms with van der Waals surface area (Å²) in [4.78, 5) is 21.9. The van der Waals surface area contributed by atoms with E-state index in [4.69, 9.17) is 22.1 Å². The lowest BCUT2D eigenvalue weighted by molar-refractivity contribution is 0.173. The number of para-hydroxylation sites is 1. The molecule has 1 atom stereocenters. The van der Waals surface area contributed by atoms with Gasteiger partial charge in [0.1, 0.15) is 23.5 Å². The van der Waals surface area contributed by atoms with Crippen molar-refractivity contribution in [2.24, 2.45) is 5.73 Å². The molecule has 1 fully saturated rings. The number of likely N-dealkylation sites (tertiary alicyclic amines) is 1. The normalized spacial score (nSPS) is 15.0. The number of nitrogens with zero attached hydrogens (tertiary/aromatic N) is 3. The molecule has 0 saturated carbocycles. The highest BCUT2D eigenvalue weighted by Gasteiger charge is 2.24. The third-order valence-electron chi connectivity index (χ3n) is 4.88. The van der Waals surface area contributed by atoms with E-state index < -0.39 is 6.09 Å². The number of halogens is 2. The van der Waals surface area contributed by atoms with Gasteiger partial charge in [-0.1, -0.05) is 23.7 Å². The molecule has 3 aromatic rings. The zero-order chi connectivity index (χ0) is 20.4. The van der Waals surface area contributed by atoms with Crippen molar-refractivity contribution >= 4 is 34.4 Å². The van der Waals surface area contributed by atoms with E-state index >= 15 is 0 Å². The highest BCUT2D eigenvalue weighted by Crippen LogP contribution is 2.31. The molecule has 0 unspecified atom stereocenters. The molecule has 0 bridgehead atoms. The van der Waals surface area contributed by atoms with E-state index in [-0.39, 0.29) is 17.6 Å². The van der Waals surface area contributed by atoms with Crippen molar-refractivity contribution in [3.63, 3.8) is 0 Å². The Labute approximate surface area is 171 Å². The quantitative estimate of drug-likeness (QED) is 0.637. The van der Waals surface area contributed by atoms with E-state index in [9.17, 15) is 9.18 Å². The van der Waals surface area contributed by atoms with E-state index in [1.54, 1.807) is 30.3 Å². The van der Waals surface area contributed by atoms with Crippen LogP contribution in [0.5, 0.6) is 5.75 Å². The second kappa shape index (κ2) is 8.18. The van der Waals surface area contributed by atoms with Crippen molar-refractivity contribution in [2.75, 3.05) is 25.0 Å². The van der Waals surface area contributed by atoms with Gasteiger partial charge in [-0.3, -0.25) is 0 Å². The summed E-state index contributed by atoms with van der Waals surface area (Å²) in [6, 6.07) is 9.40. The van der Waals surface area contributed by atoms with Crippen LogP contribution in [0.2, 0.25) is 5.02 Å². The number of aromatic nitrogens is 2. The smallest absolute Gasteiger partial charge is 0.408 e. The molecule has 1 amide bonds. The maximum atomic E-state index is 14.7. The fraction of sp³-hybridized carbons (Fsp3) is 0.250. The number of carbonyl (C=O) groups excluding carboxylic acids is 1. The molecule has 1 aliphatic heterocycles. The maximum absolute atomic E-state index is 14.7. The summed E-state index contributed by atoms with van der Waals surface area (Å²) < 4.78 is 19.7. The summed E-state index contributed by atoms with van der Waals surface area (Å²) in [6.07, 6.45) is 1.56. The average molecular weight is 416 g/mol. The zero-order valence-electron chi connectivity index (χ0n) is 15.4. The number of nitrogens with two attached hydrogens (primary N) is 1. The molecule has 0 radical (unpaired) electrons. The standard InChI is InChI=1S/C20H19ClFN5O2/c21-12-5-6-13(15(22)9-12)16(10-27-7-2-8-27)26-19-14-3-1-4-17(29-20(23)28)18(14)24-11-25-19/h1,3-6,9,11,16H,2,7-8,10H2,(H2,23,28)(H,24,25,26)/t16-/m1/s1. The van der Waals surface area contributed by atoms with Crippen molar-refractivity contribution in [1.82, 2.24) is 14.9 Å². The first-order valence-corrected chi connectivity index (χ1v) is 9.54. The van der Waals surface area contributed by atoms with Gasteiger partial charge >= 0.3 is 6.09 Å². The van der Waals surface area contributed by atoms with E-state index in [0.717, 1.165) is 19.5 Å². The molecule has 2 aromatic carbocycles. The van der Waals surface area contributed by atoms with E-state index in [0.29, 0.717) is 33.9 Å². The zero-order valence-corrected chi connectivity index (χ0v) is 16.2. The van der Waals surface area contributed by atoms with E-state index in [1.165, 1.54) is 12.4 Å². The summed E-state index contributed by atoms with van der Waals surface area (Å²) in [5.41, 5.74) is 6.07. The van der Waals surface area contributed by atoms with Crippen LogP contribution in [-0.2, 0) is 0 Å². The molecule has 0 spiro atoms. The van der Waals surface area contributed by atoms with Crippen LogP contribution in [0.15, 0.2) is 42.7 Å². The van der Waals surface area contributed by atoms with Gasteiger partial charge in [0, 0.05) is 22.5 Å². The summed E-state index contributed by atoms with van der Waals surface area (Å²) in [6.45, 7) is 2.55. The Morgan fingerprint density at radius 1 is 1.31 bits per heavy atom. The van der Waals surface area contributed by atoms with Crippen LogP contribution < -0.4 is 15.8 Å². The average Bonchev–Trinajstić information content (AvgIpc) is 2.64. The summed E-state index contributed by atoms with van der Waals surface area (Å²) in [5, 5.41) is 4.31. The fourth-order valence-electron chi connectivity index (χ4n) is 3.36. The van der Waals surface area contributed by atoms with Crippen LogP contribution in [0, 0.1) is 5.82 Å². The third-order valence-corrected chi connectivity index (χ3v) is 5.11. The molecular formula is C20H19ClFN5O2. The van der Waals surface area contributed by atoms with Crippen molar-refractivity contribution < 1.29 is 13.9 Å². The first-order chi connectivity index (χ1) is 14.0. The van der Waals surface area contributed by atoms with Gasteiger partial charge < -0.3 is 20.7 Å². The lowest BCUT2D eigenvalue weighted by Gasteiger charge is -2.35. The molecule has 9 heteroatoms. The first kappa shape index (κ1) is 19.4. The van der Waals surface area contributed by atoms with Crippen LogP contribution in [0.4, 0.5) is 15.0 Å². The largest absolute Gasteiger partial charge is 0.410 e. The topological polar surface area (TPSA) is 93.4 Å². The van der Waals surface area contributed by atoms with Crippen LogP contribution in [0.25, 0.3) is 10.9 Å². The molecule has 4 rings (SSSR count). The maximum Gasteiger partial charge on any atom is 0.410 e. The molecule has 1 aliphatic rings. The number of carbonyl (C=O) groups is 1. The minimum atomic E-state index is -0.926. The lowest BCUT2D eigenvalue weighted by atomic mass is 10.0. The number of fused-ring (bicyclic) bond motifs is 1. The number of benzene rings is 2. The number of amides is 1. The van der Waals surface area contributed by atoms with Gasteiger partial charge in [0.2, 0.25) is 0 Å². The summed E-state index contributed by atoms with van der Waals surface area (Å²) in [5.74, 6) is 0.355. The number of hydrogen-bond donors (Lipinski definition) is 2. The minimum absolute atomic E-state index is 0.234. The molecule has 1 saturated heterocycles. The predicted octanol–water partition coefficient (Wildman–Crippen LogP) is 3.74. The van der Waals surface area contributed by atoms with Crippen LogP contribution in [0.1, 0.15) is 18.0 Å². The second-order valence-electron chi connectivity index (χ2n) is 6.81. The van der Waals surface area contributed by atoms with Gasteiger partial charge in [-0.05, 0) is 43.8 Å². The Hall–Kier alpha value is -2.97. The molecule has 150 valence electrons. The first-order valence-electron chi connectivity index (χ1n) is 9.16. The molecule has 3 N–H and O–H groups in total. The number of nitrogens with one attached hydrogen (secondary N) is 1. The number of ether oxygens (including phenoxy) is 1. The van der Waals surface area contributed by atoms with Gasteiger partial charge in [0.15, 0.2) is 5.75 Å². The molecule has 2 heterocycles. The van der Waals surface area contributed by atoms with Crippen LogP contribution in [0.3, 0.4) is 0 Å². The van der Waals surface area contributed by atoms with Crippen molar-refractivity contribution in [1.29, 1.82) is 0 Å². The highest BCUT2D eigenvalue weighted by atomic mass is 35.5. The van der Waals surface area contributed by atoms with Gasteiger partial charge in [0.05, 0.1) is 6.04 Å². The SMILES string of the molecule is NC(=O)Oc1cccc2c(N[C@H](CN3CCC3)c3ccc(Cl)cc3F)ncnc12. The number of rotatable bonds is 6. The van der Waals surface area contributed by atoms with E-state index in [2.05, 4.69) is 20.2 Å². The number of anilines is 1. The highest BCUT2D eigenvalue weighted by molar-refractivity contribution is 6.30. The Kier molecular flexibility index (Phi) is 5.46. The molecular weight excluding hydrogens is 397 g/mol. The Balaban J connectivity index is 1.71. The summed E-state index contributed by atoms with van der Waals surface area (Å²) in [7, 11) is 0. The predicted molar refractivity (Wildman–Crippen MR) is 109 cm³/mol. The Bertz CT molecular complexity index is 1060. The van der Waals surface area contributed by atoms with Crippen molar-refractivity contribution in [3.8, 4) is 5.75 Å². The fourth-order valence-corrected chi connectivity index (χ4v) is 3.52. The van der Waals surface area contributed by atoms with E-state index in [1.807, 2.05) is 0 Å². The minimum Gasteiger partial charge on any atom is -0.408 e. The van der Waals surface area contributed by atoms with Gasteiger partial charge in [-0.25, -0.2) is 19.2 Å². The molecule has 1 aromatic heterocycles. The molecule has 0 aliphatic carbocycles. The van der Waals surface area contributed by atoms with Crippen LogP contribution in [-0.4, -0.2) is 40.6 Å². The van der Waals surface area contributed by atoms with Gasteiger partial charge in [-0.2, -0.15) is 0 Å². The Morgan fingerprint density at radius 3 is 2.83 bits per heavy atom. The third kappa shape index (κ3) is 4.23. The monoisotopic (exact) mass is 415 g/mol. The number of hydrogen-bond acceptors (Lipinski definition) is 6. The van der Waals surface area contributed by atoms with Crippen molar-refractivity contribution in [3.05, 3.63) is 59.1 Å². The van der Waals surface area contributed by atoms with Crippen molar-refractivity contribution in [2.45, 2.75) is 12.5 Å². The summed E-state index contributed by atoms with van der Waals surface area (Å²) >= 11 is 5.92. The molecule has 7 nitrogen and oxygen atoms in total. The number of primary amides is 1.